The Labute approximate surface area is 166 Å². The summed E-state index contributed by atoms with van der Waals surface area (Å²) in [7, 11) is 1.66. The lowest BCUT2D eigenvalue weighted by molar-refractivity contribution is 0.0784. The molecule has 7 nitrogen and oxygen atoms in total. The highest BCUT2D eigenvalue weighted by Crippen LogP contribution is 2.35. The predicted octanol–water partition coefficient (Wildman–Crippen LogP) is 2.38. The maximum atomic E-state index is 13.2. The SMILES string of the molecule is Cc1nnc2sc(C(=O)N(C)CCNC(O)c3cccc(F)c3)c(N)c2c1C. The minimum atomic E-state index is -1.02. The number of aliphatic hydroxyl groups excluding tert-OH is 1. The Morgan fingerprint density at radius 3 is 2.86 bits per heavy atom. The van der Waals surface area contributed by atoms with E-state index >= 15 is 0 Å². The summed E-state index contributed by atoms with van der Waals surface area (Å²) in [5.74, 6) is -0.640. The monoisotopic (exact) mass is 403 g/mol. The normalized spacial score (nSPS) is 12.3. The number of anilines is 1. The predicted molar refractivity (Wildman–Crippen MR) is 108 cm³/mol. The number of fused-ring (bicyclic) bond motifs is 1. The number of halogens is 1. The highest BCUT2D eigenvalue weighted by molar-refractivity contribution is 7.21. The van der Waals surface area contributed by atoms with Gasteiger partial charge in [0.25, 0.3) is 5.91 Å². The van der Waals surface area contributed by atoms with Crippen LogP contribution in [0.3, 0.4) is 0 Å². The number of nitrogens with one attached hydrogen (secondary N) is 1. The second kappa shape index (κ2) is 8.17. The number of rotatable bonds is 6. The number of carbonyl (C=O) groups excluding carboxylic acids is 1. The average Bonchev–Trinajstić information content (AvgIpc) is 3.01. The fourth-order valence-electron chi connectivity index (χ4n) is 2.84. The lowest BCUT2D eigenvalue weighted by Gasteiger charge is -2.19. The van der Waals surface area contributed by atoms with Crippen LogP contribution in [0.2, 0.25) is 0 Å². The molecule has 0 aliphatic carbocycles. The van der Waals surface area contributed by atoms with Gasteiger partial charge in [0, 0.05) is 25.5 Å². The fourth-order valence-corrected chi connectivity index (χ4v) is 3.93. The molecule has 2 heterocycles. The number of hydrogen-bond donors (Lipinski definition) is 3. The molecule has 3 rings (SSSR count). The van der Waals surface area contributed by atoms with Gasteiger partial charge in [0.2, 0.25) is 0 Å². The Balaban J connectivity index is 1.66. The van der Waals surface area contributed by atoms with Crippen LogP contribution in [0.25, 0.3) is 10.2 Å². The van der Waals surface area contributed by atoms with E-state index in [0.717, 1.165) is 16.6 Å². The van der Waals surface area contributed by atoms with Crippen molar-refractivity contribution in [1.29, 1.82) is 0 Å². The van der Waals surface area contributed by atoms with Crippen LogP contribution in [0.1, 0.15) is 32.7 Å². The number of benzene rings is 1. The van der Waals surface area contributed by atoms with E-state index in [9.17, 15) is 14.3 Å². The zero-order valence-electron chi connectivity index (χ0n) is 15.9. The van der Waals surface area contributed by atoms with E-state index in [1.165, 1.54) is 34.4 Å². The van der Waals surface area contributed by atoms with E-state index in [1.807, 2.05) is 13.8 Å². The van der Waals surface area contributed by atoms with Gasteiger partial charge in [-0.2, -0.15) is 5.10 Å². The number of nitrogen functional groups attached to an aromatic ring is 1. The Morgan fingerprint density at radius 1 is 1.39 bits per heavy atom. The van der Waals surface area contributed by atoms with E-state index in [0.29, 0.717) is 34.0 Å². The van der Waals surface area contributed by atoms with Crippen LogP contribution in [0, 0.1) is 19.7 Å². The molecule has 0 bridgehead atoms. The van der Waals surface area contributed by atoms with Gasteiger partial charge < -0.3 is 15.7 Å². The minimum Gasteiger partial charge on any atom is -0.397 e. The van der Waals surface area contributed by atoms with E-state index in [-0.39, 0.29) is 5.91 Å². The van der Waals surface area contributed by atoms with Crippen LogP contribution in [-0.2, 0) is 0 Å². The van der Waals surface area contributed by atoms with Crippen molar-refractivity contribution >= 4 is 33.1 Å². The van der Waals surface area contributed by atoms with Crippen LogP contribution in [0.4, 0.5) is 10.1 Å². The number of carbonyl (C=O) groups is 1. The molecular weight excluding hydrogens is 381 g/mol. The van der Waals surface area contributed by atoms with Gasteiger partial charge in [0.05, 0.1) is 11.4 Å². The fraction of sp³-hybridized carbons (Fsp3) is 0.316. The third-order valence-electron chi connectivity index (χ3n) is 4.63. The zero-order chi connectivity index (χ0) is 20.4. The third-order valence-corrected chi connectivity index (χ3v) is 5.70. The molecule has 0 spiro atoms. The van der Waals surface area contributed by atoms with Crippen LogP contribution < -0.4 is 11.1 Å². The molecule has 0 aliphatic heterocycles. The van der Waals surface area contributed by atoms with Crippen molar-refractivity contribution in [2.75, 3.05) is 25.9 Å². The summed E-state index contributed by atoms with van der Waals surface area (Å²) >= 11 is 1.22. The summed E-state index contributed by atoms with van der Waals surface area (Å²) in [5, 5.41) is 22.0. The van der Waals surface area contributed by atoms with Crippen molar-refractivity contribution < 1.29 is 14.3 Å². The van der Waals surface area contributed by atoms with E-state index in [4.69, 9.17) is 5.73 Å². The number of aromatic nitrogens is 2. The number of aliphatic hydroxyl groups is 1. The molecule has 0 saturated carbocycles. The van der Waals surface area contributed by atoms with Gasteiger partial charge in [-0.15, -0.1) is 16.4 Å². The minimum absolute atomic E-state index is 0.223. The number of amides is 1. The van der Waals surface area contributed by atoms with Crippen molar-refractivity contribution in [1.82, 2.24) is 20.4 Å². The molecule has 28 heavy (non-hydrogen) atoms. The summed E-state index contributed by atoms with van der Waals surface area (Å²) < 4.78 is 13.2. The van der Waals surface area contributed by atoms with Crippen molar-refractivity contribution in [3.05, 3.63) is 51.8 Å². The van der Waals surface area contributed by atoms with E-state index in [2.05, 4.69) is 15.5 Å². The molecule has 0 radical (unpaired) electrons. The molecule has 0 fully saturated rings. The van der Waals surface area contributed by atoms with E-state index in [1.54, 1.807) is 13.1 Å². The first-order valence-corrected chi connectivity index (χ1v) is 9.55. The lowest BCUT2D eigenvalue weighted by atomic mass is 10.1. The number of thiophene rings is 1. The second-order valence-electron chi connectivity index (χ2n) is 6.57. The number of nitrogens with two attached hydrogens (primary N) is 1. The van der Waals surface area contributed by atoms with Crippen LogP contribution >= 0.6 is 11.3 Å². The molecule has 1 amide bonds. The Morgan fingerprint density at radius 2 is 2.14 bits per heavy atom. The van der Waals surface area contributed by atoms with Gasteiger partial charge >= 0.3 is 0 Å². The zero-order valence-corrected chi connectivity index (χ0v) is 16.7. The second-order valence-corrected chi connectivity index (χ2v) is 7.57. The molecule has 148 valence electrons. The Hall–Kier alpha value is -2.62. The Kier molecular flexibility index (Phi) is 5.87. The maximum Gasteiger partial charge on any atom is 0.265 e. The first-order chi connectivity index (χ1) is 13.3. The lowest BCUT2D eigenvalue weighted by Crippen LogP contribution is -2.35. The number of hydrogen-bond acceptors (Lipinski definition) is 7. The molecule has 0 aliphatic rings. The average molecular weight is 403 g/mol. The van der Waals surface area contributed by atoms with Gasteiger partial charge in [-0.1, -0.05) is 12.1 Å². The first-order valence-electron chi connectivity index (χ1n) is 8.73. The first kappa shape index (κ1) is 20.1. The van der Waals surface area contributed by atoms with Crippen molar-refractivity contribution in [2.24, 2.45) is 0 Å². The molecule has 4 N–H and O–H groups in total. The largest absolute Gasteiger partial charge is 0.397 e. The maximum absolute atomic E-state index is 13.2. The highest BCUT2D eigenvalue weighted by atomic mass is 32.1. The molecule has 1 unspecified atom stereocenters. The molecule has 1 aromatic carbocycles. The summed E-state index contributed by atoms with van der Waals surface area (Å²) in [5.41, 5.74) is 8.75. The van der Waals surface area contributed by atoms with Gasteiger partial charge in [-0.05, 0) is 37.1 Å². The summed E-state index contributed by atoms with van der Waals surface area (Å²) in [6.07, 6.45) is -1.02. The molecule has 2 aromatic heterocycles. The molecule has 0 saturated heterocycles. The van der Waals surface area contributed by atoms with E-state index < -0.39 is 12.0 Å². The summed E-state index contributed by atoms with van der Waals surface area (Å²) in [6, 6.07) is 5.72. The standard InChI is InChI=1S/C19H22FN5O2S/c1-10-11(2)23-24-18-14(10)15(21)16(28-18)19(27)25(3)8-7-22-17(26)12-5-4-6-13(20)9-12/h4-6,9,17,22,26H,7-8,21H2,1-3H3. The van der Waals surface area contributed by atoms with Gasteiger partial charge in [0.15, 0.2) is 0 Å². The smallest absolute Gasteiger partial charge is 0.265 e. The highest BCUT2D eigenvalue weighted by Gasteiger charge is 2.22. The quantitative estimate of drug-likeness (QED) is 0.546. The van der Waals surface area contributed by atoms with Crippen molar-refractivity contribution in [3.63, 3.8) is 0 Å². The van der Waals surface area contributed by atoms with Gasteiger partial charge in [-0.3, -0.25) is 10.1 Å². The van der Waals surface area contributed by atoms with Crippen LogP contribution in [-0.4, -0.2) is 46.2 Å². The molecule has 9 heteroatoms. The molecule has 3 aromatic rings. The van der Waals surface area contributed by atoms with Crippen molar-refractivity contribution in [2.45, 2.75) is 20.1 Å². The van der Waals surface area contributed by atoms with Gasteiger partial charge in [0.1, 0.15) is 21.8 Å². The van der Waals surface area contributed by atoms with Gasteiger partial charge in [-0.25, -0.2) is 4.39 Å². The van der Waals surface area contributed by atoms with Crippen LogP contribution in [0.15, 0.2) is 24.3 Å². The third kappa shape index (κ3) is 3.96. The number of nitrogens with zero attached hydrogens (tertiary/aromatic N) is 3. The molecular formula is C19H22FN5O2S. The number of aryl methyl sites for hydroxylation is 2. The topological polar surface area (TPSA) is 104 Å². The summed E-state index contributed by atoms with van der Waals surface area (Å²) in [4.78, 5) is 15.4. The Bertz CT molecular complexity index is 1020. The number of likely N-dealkylation sites (N-methyl/N-ethyl adjacent to an activating group) is 1. The van der Waals surface area contributed by atoms with Crippen LogP contribution in [0.5, 0.6) is 0 Å². The summed E-state index contributed by atoms with van der Waals surface area (Å²) in [6.45, 7) is 4.42. The molecule has 1 atom stereocenters. The van der Waals surface area contributed by atoms with Crippen molar-refractivity contribution in [3.8, 4) is 0 Å².